The van der Waals surface area contributed by atoms with Crippen molar-refractivity contribution < 1.29 is 9.90 Å². The quantitative estimate of drug-likeness (QED) is 0.862. The van der Waals surface area contributed by atoms with Crippen molar-refractivity contribution in [3.8, 4) is 5.75 Å². The van der Waals surface area contributed by atoms with Crippen LogP contribution in [0.5, 0.6) is 5.75 Å². The number of rotatable bonds is 2. The molecule has 0 saturated heterocycles. The molecule has 0 amide bonds. The molecule has 116 valence electrons. The van der Waals surface area contributed by atoms with Crippen molar-refractivity contribution in [1.82, 2.24) is 0 Å². The summed E-state index contributed by atoms with van der Waals surface area (Å²) in [5, 5.41) is 9.72. The van der Waals surface area contributed by atoms with Crippen LogP contribution < -0.4 is 0 Å². The average Bonchev–Trinajstić information content (AvgIpc) is 2.84. The molecular weight excluding hydrogens is 272 g/mol. The highest BCUT2D eigenvalue weighted by Gasteiger charge is 2.52. The number of aromatic hydroxyl groups is 1. The molecule has 1 fully saturated rings. The first-order chi connectivity index (χ1) is 10.7. The maximum absolute atomic E-state index is 12.6. The van der Waals surface area contributed by atoms with Crippen molar-refractivity contribution >= 4 is 11.4 Å². The number of allylic oxidation sites excluding steroid dienone is 2. The van der Waals surface area contributed by atoms with Crippen LogP contribution in [0, 0.1) is 11.3 Å². The molecular formula is C20H24O2. The highest BCUT2D eigenvalue weighted by molar-refractivity contribution is 5.90. The van der Waals surface area contributed by atoms with E-state index in [-0.39, 0.29) is 5.41 Å². The second kappa shape index (κ2) is 4.97. The molecule has 1 aromatic carbocycles. The van der Waals surface area contributed by atoms with Gasteiger partial charge in [-0.1, -0.05) is 25.0 Å². The molecule has 0 unspecified atom stereocenters. The number of hydrogen-bond acceptors (Lipinski definition) is 2. The highest BCUT2D eigenvalue weighted by atomic mass is 16.3. The van der Waals surface area contributed by atoms with Crippen LogP contribution in [0.15, 0.2) is 23.8 Å². The van der Waals surface area contributed by atoms with E-state index in [1.807, 2.05) is 12.1 Å². The number of benzene rings is 1. The van der Waals surface area contributed by atoms with Gasteiger partial charge in [0.2, 0.25) is 0 Å². The fraction of sp³-hybridized carbons (Fsp3) is 0.550. The molecule has 2 atom stereocenters. The van der Waals surface area contributed by atoms with E-state index in [1.54, 1.807) is 5.57 Å². The summed E-state index contributed by atoms with van der Waals surface area (Å²) in [6.45, 7) is 2.21. The van der Waals surface area contributed by atoms with Gasteiger partial charge in [-0.2, -0.15) is 0 Å². The summed E-state index contributed by atoms with van der Waals surface area (Å²) >= 11 is 0. The number of fused-ring (bicyclic) bond motifs is 4. The van der Waals surface area contributed by atoms with Gasteiger partial charge in [-0.3, -0.25) is 4.79 Å². The van der Waals surface area contributed by atoms with Crippen molar-refractivity contribution in [2.75, 3.05) is 0 Å². The third-order valence-corrected chi connectivity index (χ3v) is 6.29. The zero-order chi connectivity index (χ0) is 15.3. The normalized spacial score (nSPS) is 30.0. The Bertz CT molecular complexity index is 670. The van der Waals surface area contributed by atoms with Gasteiger partial charge in [-0.15, -0.1) is 0 Å². The molecule has 1 aromatic rings. The van der Waals surface area contributed by atoms with Gasteiger partial charge in [0, 0.05) is 11.8 Å². The van der Waals surface area contributed by atoms with Crippen LogP contribution in [-0.2, 0) is 11.2 Å². The van der Waals surface area contributed by atoms with Crippen LogP contribution in [-0.4, -0.2) is 10.9 Å². The summed E-state index contributed by atoms with van der Waals surface area (Å²) in [7, 11) is 0. The van der Waals surface area contributed by atoms with Gasteiger partial charge in [-0.05, 0) is 73.3 Å². The number of carbonyl (C=O) groups excluding carboxylic acids is 1. The summed E-state index contributed by atoms with van der Waals surface area (Å²) in [6.07, 6.45) is 8.17. The Morgan fingerprint density at radius 3 is 2.91 bits per heavy atom. The lowest BCUT2D eigenvalue weighted by Gasteiger charge is -2.43. The minimum absolute atomic E-state index is 0.0397. The van der Waals surface area contributed by atoms with E-state index in [2.05, 4.69) is 13.0 Å². The maximum atomic E-state index is 12.6. The standard InChI is InChI=1S/C20H24O2/c1-2-10-20-11-9-16-15-6-4-14(21)12-13(15)3-5-17(16)18(20)7-8-19(20)22/h4,6,12,18,21H,2-3,5,7-11H2,1H3/t18-,20-/m0/s1. The summed E-state index contributed by atoms with van der Waals surface area (Å²) in [5.41, 5.74) is 5.65. The lowest BCUT2D eigenvalue weighted by Crippen LogP contribution is -2.37. The summed E-state index contributed by atoms with van der Waals surface area (Å²) in [4.78, 5) is 12.6. The van der Waals surface area contributed by atoms with Crippen LogP contribution in [0.2, 0.25) is 0 Å². The molecule has 4 rings (SSSR count). The zero-order valence-electron chi connectivity index (χ0n) is 13.3. The van der Waals surface area contributed by atoms with E-state index in [4.69, 9.17) is 0 Å². The Morgan fingerprint density at radius 2 is 2.09 bits per heavy atom. The largest absolute Gasteiger partial charge is 0.508 e. The summed E-state index contributed by atoms with van der Waals surface area (Å²) in [5.74, 6) is 1.39. The van der Waals surface area contributed by atoms with Crippen LogP contribution in [0.4, 0.5) is 0 Å². The predicted octanol–water partition coefficient (Wildman–Crippen LogP) is 4.65. The molecule has 0 aromatic heterocycles. The van der Waals surface area contributed by atoms with Crippen LogP contribution in [0.25, 0.3) is 5.57 Å². The molecule has 2 heteroatoms. The SMILES string of the molecule is CCC[C@]12CCC3=C(CCc4cc(O)ccc43)[C@@H]1CCC2=O. The Hall–Kier alpha value is -1.57. The van der Waals surface area contributed by atoms with Gasteiger partial charge in [0.15, 0.2) is 0 Å². The van der Waals surface area contributed by atoms with Crippen molar-refractivity contribution in [3.05, 3.63) is 34.9 Å². The smallest absolute Gasteiger partial charge is 0.139 e. The lowest BCUT2D eigenvalue weighted by atomic mass is 9.60. The summed E-state index contributed by atoms with van der Waals surface area (Å²) in [6, 6.07) is 5.82. The van der Waals surface area contributed by atoms with Crippen molar-refractivity contribution in [1.29, 1.82) is 0 Å². The molecule has 22 heavy (non-hydrogen) atoms. The van der Waals surface area contributed by atoms with Gasteiger partial charge >= 0.3 is 0 Å². The van der Waals surface area contributed by atoms with Gasteiger partial charge < -0.3 is 5.11 Å². The predicted molar refractivity (Wildman–Crippen MR) is 87.7 cm³/mol. The molecule has 1 saturated carbocycles. The van der Waals surface area contributed by atoms with E-state index in [0.29, 0.717) is 17.5 Å². The van der Waals surface area contributed by atoms with Crippen molar-refractivity contribution in [2.45, 2.75) is 58.3 Å². The minimum atomic E-state index is -0.0397. The Morgan fingerprint density at radius 1 is 1.23 bits per heavy atom. The number of Topliss-reactive ketones (excluding diaryl/α,β-unsaturated/α-hetero) is 1. The third kappa shape index (κ3) is 1.82. The van der Waals surface area contributed by atoms with Gasteiger partial charge in [-0.25, -0.2) is 0 Å². The Labute approximate surface area is 132 Å². The first kappa shape index (κ1) is 14.0. The molecule has 0 aliphatic heterocycles. The third-order valence-electron chi connectivity index (χ3n) is 6.29. The number of carbonyl (C=O) groups is 1. The van der Waals surface area contributed by atoms with Crippen molar-refractivity contribution in [3.63, 3.8) is 0 Å². The topological polar surface area (TPSA) is 37.3 Å². The first-order valence-electron chi connectivity index (χ1n) is 8.73. The van der Waals surface area contributed by atoms with Crippen molar-refractivity contribution in [2.24, 2.45) is 11.3 Å². The number of aryl methyl sites for hydroxylation is 1. The second-order valence-corrected chi connectivity index (χ2v) is 7.27. The average molecular weight is 296 g/mol. The maximum Gasteiger partial charge on any atom is 0.139 e. The zero-order valence-corrected chi connectivity index (χ0v) is 13.3. The van der Waals surface area contributed by atoms with E-state index in [9.17, 15) is 9.90 Å². The van der Waals surface area contributed by atoms with Crippen LogP contribution in [0.3, 0.4) is 0 Å². The monoisotopic (exact) mass is 296 g/mol. The molecule has 0 bridgehead atoms. The molecule has 2 nitrogen and oxygen atoms in total. The molecule has 0 spiro atoms. The number of phenols is 1. The highest BCUT2D eigenvalue weighted by Crippen LogP contribution is 2.58. The van der Waals surface area contributed by atoms with Gasteiger partial charge in [0.05, 0.1) is 0 Å². The number of hydrogen-bond donors (Lipinski definition) is 1. The van der Waals surface area contributed by atoms with E-state index in [0.717, 1.165) is 51.4 Å². The van der Waals surface area contributed by atoms with Gasteiger partial charge in [0.1, 0.15) is 11.5 Å². The molecule has 0 heterocycles. The Kier molecular flexibility index (Phi) is 3.18. The number of phenolic OH excluding ortho intramolecular Hbond substituents is 1. The molecule has 0 radical (unpaired) electrons. The fourth-order valence-corrected chi connectivity index (χ4v) is 5.40. The van der Waals surface area contributed by atoms with E-state index in [1.165, 1.54) is 16.7 Å². The van der Waals surface area contributed by atoms with Crippen LogP contribution in [0.1, 0.15) is 63.0 Å². The molecule has 3 aliphatic rings. The van der Waals surface area contributed by atoms with E-state index < -0.39 is 0 Å². The second-order valence-electron chi connectivity index (χ2n) is 7.27. The Balaban J connectivity index is 1.81. The van der Waals surface area contributed by atoms with Crippen LogP contribution >= 0.6 is 0 Å². The number of ketones is 1. The molecule has 1 N–H and O–H groups in total. The molecule has 3 aliphatic carbocycles. The fourth-order valence-electron chi connectivity index (χ4n) is 5.40. The van der Waals surface area contributed by atoms with E-state index >= 15 is 0 Å². The lowest BCUT2D eigenvalue weighted by molar-refractivity contribution is -0.127. The van der Waals surface area contributed by atoms with Gasteiger partial charge in [0.25, 0.3) is 0 Å². The summed E-state index contributed by atoms with van der Waals surface area (Å²) < 4.78 is 0. The minimum Gasteiger partial charge on any atom is -0.508 e. The first-order valence-corrected chi connectivity index (χ1v) is 8.73.